The number of hydrogen-bond acceptors (Lipinski definition) is 2. The number of hydrogen-bond donors (Lipinski definition) is 1. The van der Waals surface area contributed by atoms with Crippen molar-refractivity contribution in [2.24, 2.45) is 5.73 Å². The lowest BCUT2D eigenvalue weighted by Gasteiger charge is -2.15. The number of rotatable bonds is 3. The Morgan fingerprint density at radius 3 is 1.86 bits per heavy atom. The van der Waals surface area contributed by atoms with Crippen LogP contribution in [0.25, 0.3) is 0 Å². The zero-order valence-corrected chi connectivity index (χ0v) is 14.9. The summed E-state index contributed by atoms with van der Waals surface area (Å²) in [6.45, 7) is 0. The molecule has 2 N–H and O–H groups in total. The van der Waals surface area contributed by atoms with E-state index in [9.17, 15) is 13.2 Å². The molecule has 0 spiro atoms. The molecule has 0 heterocycles. The van der Waals surface area contributed by atoms with Gasteiger partial charge in [-0.15, -0.1) is 25.6 Å². The largest absolute Gasteiger partial charge is 0.573 e. The SMILES string of the molecule is Cl.N[C@@H](c1ccc(OC(F)(F)F)cc1)c1cc(Br)cc(Br)c1. The van der Waals surface area contributed by atoms with Crippen molar-refractivity contribution >= 4 is 44.3 Å². The molecule has 0 saturated carbocycles. The highest BCUT2D eigenvalue weighted by atomic mass is 79.9. The van der Waals surface area contributed by atoms with Crippen molar-refractivity contribution < 1.29 is 17.9 Å². The van der Waals surface area contributed by atoms with Crippen molar-refractivity contribution in [1.29, 1.82) is 0 Å². The fourth-order valence-electron chi connectivity index (χ4n) is 1.82. The molecule has 0 radical (unpaired) electrons. The van der Waals surface area contributed by atoms with Gasteiger partial charge in [0.15, 0.2) is 0 Å². The van der Waals surface area contributed by atoms with Gasteiger partial charge < -0.3 is 10.5 Å². The summed E-state index contributed by atoms with van der Waals surface area (Å²) in [5.41, 5.74) is 7.65. The molecule has 0 aliphatic rings. The molecule has 0 unspecified atom stereocenters. The maximum atomic E-state index is 12.1. The van der Waals surface area contributed by atoms with E-state index in [1.54, 1.807) is 0 Å². The van der Waals surface area contributed by atoms with Crippen molar-refractivity contribution in [3.05, 3.63) is 62.5 Å². The smallest absolute Gasteiger partial charge is 0.406 e. The number of ether oxygens (including phenoxy) is 1. The van der Waals surface area contributed by atoms with Gasteiger partial charge in [-0.1, -0.05) is 44.0 Å². The van der Waals surface area contributed by atoms with Gasteiger partial charge in [0, 0.05) is 8.95 Å². The van der Waals surface area contributed by atoms with Crippen LogP contribution in [-0.2, 0) is 0 Å². The molecule has 0 saturated heterocycles. The highest BCUT2D eigenvalue weighted by molar-refractivity contribution is 9.11. The first-order chi connectivity index (χ1) is 9.74. The van der Waals surface area contributed by atoms with E-state index in [2.05, 4.69) is 36.6 Å². The van der Waals surface area contributed by atoms with Gasteiger partial charge in [-0.25, -0.2) is 0 Å². The minimum Gasteiger partial charge on any atom is -0.406 e. The Morgan fingerprint density at radius 2 is 1.41 bits per heavy atom. The van der Waals surface area contributed by atoms with Gasteiger partial charge in [0.25, 0.3) is 0 Å². The molecule has 0 amide bonds. The lowest BCUT2D eigenvalue weighted by molar-refractivity contribution is -0.274. The van der Waals surface area contributed by atoms with Gasteiger partial charge in [0.05, 0.1) is 6.04 Å². The molecule has 1 atom stereocenters. The number of nitrogens with two attached hydrogens (primary N) is 1. The second-order valence-corrected chi connectivity index (χ2v) is 6.13. The summed E-state index contributed by atoms with van der Waals surface area (Å²) in [5, 5.41) is 0. The highest BCUT2D eigenvalue weighted by Gasteiger charge is 2.31. The van der Waals surface area contributed by atoms with Crippen LogP contribution in [0.4, 0.5) is 13.2 Å². The Morgan fingerprint density at radius 1 is 0.909 bits per heavy atom. The third-order valence-corrected chi connectivity index (χ3v) is 3.63. The summed E-state index contributed by atoms with van der Waals surface area (Å²) < 4.78 is 41.8. The molecule has 0 aliphatic carbocycles. The number of benzene rings is 2. The minimum atomic E-state index is -4.70. The minimum absolute atomic E-state index is 0. The van der Waals surface area contributed by atoms with E-state index in [0.717, 1.165) is 14.5 Å². The maximum Gasteiger partial charge on any atom is 0.573 e. The van der Waals surface area contributed by atoms with Crippen molar-refractivity contribution in [2.45, 2.75) is 12.4 Å². The predicted octanol–water partition coefficient (Wildman–Crippen LogP) is 5.58. The summed E-state index contributed by atoms with van der Waals surface area (Å²) in [4.78, 5) is 0. The van der Waals surface area contributed by atoms with Crippen molar-refractivity contribution in [3.63, 3.8) is 0 Å². The molecule has 22 heavy (non-hydrogen) atoms. The van der Waals surface area contributed by atoms with E-state index >= 15 is 0 Å². The van der Waals surface area contributed by atoms with Crippen LogP contribution in [0.5, 0.6) is 5.75 Å². The van der Waals surface area contributed by atoms with E-state index in [0.29, 0.717) is 5.56 Å². The standard InChI is InChI=1S/C14H10Br2F3NO.ClH/c15-10-5-9(6-11(16)7-10)13(20)8-1-3-12(4-2-8)21-14(17,18)19;/h1-7,13H,20H2;1H/t13-;/m0./s1. The maximum absolute atomic E-state index is 12.1. The molecule has 0 fully saturated rings. The van der Waals surface area contributed by atoms with E-state index in [4.69, 9.17) is 5.73 Å². The van der Waals surface area contributed by atoms with Crippen LogP contribution in [-0.4, -0.2) is 6.36 Å². The third-order valence-electron chi connectivity index (χ3n) is 2.72. The van der Waals surface area contributed by atoms with Crippen LogP contribution in [0.2, 0.25) is 0 Å². The molecule has 2 rings (SSSR count). The van der Waals surface area contributed by atoms with Crippen molar-refractivity contribution in [3.8, 4) is 5.75 Å². The first-order valence-electron chi connectivity index (χ1n) is 5.82. The third kappa shape index (κ3) is 5.46. The average molecular weight is 462 g/mol. The van der Waals surface area contributed by atoms with E-state index in [1.165, 1.54) is 24.3 Å². The Bertz CT molecular complexity index is 615. The monoisotopic (exact) mass is 459 g/mol. The fraction of sp³-hybridized carbons (Fsp3) is 0.143. The zero-order chi connectivity index (χ0) is 15.6. The van der Waals surface area contributed by atoms with Crippen LogP contribution < -0.4 is 10.5 Å². The van der Waals surface area contributed by atoms with Crippen LogP contribution >= 0.6 is 44.3 Å². The van der Waals surface area contributed by atoms with Gasteiger partial charge in [0.1, 0.15) is 5.75 Å². The lowest BCUT2D eigenvalue weighted by atomic mass is 10.00. The predicted molar refractivity (Wildman–Crippen MR) is 88.2 cm³/mol. The topological polar surface area (TPSA) is 35.2 Å². The summed E-state index contributed by atoms with van der Waals surface area (Å²) in [5.74, 6) is -0.270. The Balaban J connectivity index is 0.00000242. The van der Waals surface area contributed by atoms with Gasteiger partial charge in [0.2, 0.25) is 0 Å². The van der Waals surface area contributed by atoms with Gasteiger partial charge in [-0.05, 0) is 41.5 Å². The average Bonchev–Trinajstić information content (AvgIpc) is 2.35. The molecule has 2 aromatic carbocycles. The number of alkyl halides is 3. The molecule has 0 bridgehead atoms. The summed E-state index contributed by atoms with van der Waals surface area (Å²) in [7, 11) is 0. The lowest BCUT2D eigenvalue weighted by Crippen LogP contribution is -2.17. The summed E-state index contributed by atoms with van der Waals surface area (Å²) in [6, 6.07) is 10.7. The van der Waals surface area contributed by atoms with Gasteiger partial charge in [-0.2, -0.15) is 0 Å². The van der Waals surface area contributed by atoms with Gasteiger partial charge >= 0.3 is 6.36 Å². The summed E-state index contributed by atoms with van der Waals surface area (Å²) in [6.07, 6.45) is -4.70. The molecule has 2 nitrogen and oxygen atoms in total. The van der Waals surface area contributed by atoms with E-state index in [1.807, 2.05) is 18.2 Å². The Kier molecular flexibility index (Phi) is 6.73. The zero-order valence-electron chi connectivity index (χ0n) is 10.9. The Labute approximate surface area is 148 Å². The van der Waals surface area contributed by atoms with Gasteiger partial charge in [-0.3, -0.25) is 0 Å². The Hall–Kier alpha value is -0.760. The summed E-state index contributed by atoms with van der Waals surface area (Å²) >= 11 is 6.74. The van der Waals surface area contributed by atoms with Crippen LogP contribution in [0, 0.1) is 0 Å². The molecular formula is C14H11Br2ClF3NO. The van der Waals surface area contributed by atoms with Crippen LogP contribution in [0.1, 0.15) is 17.2 Å². The van der Waals surface area contributed by atoms with Crippen molar-refractivity contribution in [1.82, 2.24) is 0 Å². The molecule has 2 aromatic rings. The highest BCUT2D eigenvalue weighted by Crippen LogP contribution is 2.29. The second kappa shape index (κ2) is 7.68. The molecule has 8 heteroatoms. The molecule has 120 valence electrons. The molecule has 0 aliphatic heterocycles. The molecular weight excluding hydrogens is 450 g/mol. The van der Waals surface area contributed by atoms with Crippen LogP contribution in [0.15, 0.2) is 51.4 Å². The fourth-order valence-corrected chi connectivity index (χ4v) is 3.15. The first kappa shape index (κ1) is 19.3. The quantitative estimate of drug-likeness (QED) is 0.648. The van der Waals surface area contributed by atoms with Crippen LogP contribution in [0.3, 0.4) is 0 Å². The molecule has 0 aromatic heterocycles. The number of halogens is 6. The second-order valence-electron chi connectivity index (χ2n) is 4.30. The van der Waals surface area contributed by atoms with Crippen molar-refractivity contribution in [2.75, 3.05) is 0 Å². The first-order valence-corrected chi connectivity index (χ1v) is 7.40. The van der Waals surface area contributed by atoms with E-state index < -0.39 is 12.4 Å². The normalized spacial score (nSPS) is 12.5. The van der Waals surface area contributed by atoms with E-state index in [-0.39, 0.29) is 18.2 Å².